The Balaban J connectivity index is 1.32. The van der Waals surface area contributed by atoms with Gasteiger partial charge in [0, 0.05) is 35.3 Å². The van der Waals surface area contributed by atoms with E-state index in [2.05, 4.69) is 5.32 Å². The molecule has 0 aliphatic carbocycles. The predicted molar refractivity (Wildman–Crippen MR) is 157 cm³/mol. The van der Waals surface area contributed by atoms with Crippen LogP contribution in [0.1, 0.15) is 11.1 Å². The third-order valence-electron chi connectivity index (χ3n) is 6.57. The molecule has 5 aromatic rings. The summed E-state index contributed by atoms with van der Waals surface area (Å²) in [5, 5.41) is 3.32. The molecule has 0 bridgehead atoms. The second kappa shape index (κ2) is 10.8. The largest absolute Gasteiger partial charge is 0.457 e. The molecular formula is C32H21F2N3O3S. The maximum atomic E-state index is 13.8. The fraction of sp³-hybridized carbons (Fsp3) is 0.0312. The molecule has 0 saturated carbocycles. The number of hydrogen-bond donors (Lipinski definition) is 1. The molecule has 1 saturated heterocycles. The minimum absolute atomic E-state index is 0.0376. The van der Waals surface area contributed by atoms with E-state index in [4.69, 9.17) is 17.0 Å². The molecule has 6 nitrogen and oxygen atoms in total. The summed E-state index contributed by atoms with van der Waals surface area (Å²) >= 11 is 5.34. The zero-order valence-electron chi connectivity index (χ0n) is 21.4. The van der Waals surface area contributed by atoms with E-state index in [1.165, 1.54) is 23.1 Å². The van der Waals surface area contributed by atoms with Gasteiger partial charge >= 0.3 is 0 Å². The number of benzene rings is 4. The number of para-hydroxylation sites is 2. The predicted octanol–water partition coefficient (Wildman–Crippen LogP) is 6.59. The van der Waals surface area contributed by atoms with Gasteiger partial charge in [0.1, 0.15) is 28.7 Å². The first-order valence-electron chi connectivity index (χ1n) is 12.6. The lowest BCUT2D eigenvalue weighted by atomic mass is 10.1. The van der Waals surface area contributed by atoms with Crippen molar-refractivity contribution in [2.75, 3.05) is 4.90 Å². The van der Waals surface area contributed by atoms with Crippen molar-refractivity contribution >= 4 is 51.8 Å². The summed E-state index contributed by atoms with van der Waals surface area (Å²) in [6, 6.07) is 26.8. The topological polar surface area (TPSA) is 63.6 Å². The zero-order valence-corrected chi connectivity index (χ0v) is 22.2. The van der Waals surface area contributed by atoms with Crippen molar-refractivity contribution in [3.05, 3.63) is 132 Å². The van der Waals surface area contributed by atoms with Crippen LogP contribution >= 0.6 is 12.2 Å². The van der Waals surface area contributed by atoms with Crippen LogP contribution in [0.2, 0.25) is 0 Å². The van der Waals surface area contributed by atoms with Crippen molar-refractivity contribution < 1.29 is 23.1 Å². The average molecular weight is 566 g/mol. The molecule has 1 fully saturated rings. The minimum Gasteiger partial charge on any atom is -0.457 e. The Morgan fingerprint density at radius 2 is 1.49 bits per heavy atom. The fourth-order valence-corrected chi connectivity index (χ4v) is 5.04. The Morgan fingerprint density at radius 1 is 0.829 bits per heavy atom. The number of thiocarbonyl (C=S) groups is 1. The van der Waals surface area contributed by atoms with Crippen LogP contribution in [0.5, 0.6) is 11.5 Å². The van der Waals surface area contributed by atoms with E-state index in [1.807, 2.05) is 59.2 Å². The number of fused-ring (bicyclic) bond motifs is 1. The maximum absolute atomic E-state index is 13.8. The van der Waals surface area contributed by atoms with Crippen LogP contribution in [-0.2, 0) is 16.1 Å². The number of rotatable bonds is 6. The van der Waals surface area contributed by atoms with Gasteiger partial charge in [-0.1, -0.05) is 36.4 Å². The molecule has 0 unspecified atom stereocenters. The molecule has 1 aliphatic rings. The number of nitrogens with one attached hydrogen (secondary N) is 1. The van der Waals surface area contributed by atoms with E-state index in [1.54, 1.807) is 30.5 Å². The number of carbonyl (C=O) groups is 2. The van der Waals surface area contributed by atoms with Crippen molar-refractivity contribution in [2.24, 2.45) is 0 Å². The second-order valence-corrected chi connectivity index (χ2v) is 9.76. The molecule has 9 heteroatoms. The number of anilines is 1. The van der Waals surface area contributed by atoms with Crippen molar-refractivity contribution in [3.8, 4) is 11.5 Å². The number of hydrogen-bond acceptors (Lipinski definition) is 4. The maximum Gasteiger partial charge on any atom is 0.270 e. The van der Waals surface area contributed by atoms with Gasteiger partial charge < -0.3 is 9.30 Å². The molecule has 0 atom stereocenters. The molecule has 4 aromatic carbocycles. The molecule has 0 radical (unpaired) electrons. The standard InChI is InChI=1S/C32H21F2N3O3S/c33-22-14-20(15-23(34)17-22)18-36-19-21(27-8-4-5-9-29(27)36)16-28-30(38)35-32(41)37(31(28)39)24-10-12-26(13-11-24)40-25-6-2-1-3-7-25/h1-17,19H,18H2,(H,35,38,41). The van der Waals surface area contributed by atoms with Crippen LogP contribution in [0.15, 0.2) is 109 Å². The van der Waals surface area contributed by atoms with Gasteiger partial charge in [-0.2, -0.15) is 0 Å². The van der Waals surface area contributed by atoms with E-state index < -0.39 is 23.4 Å². The number of halogens is 2. The second-order valence-electron chi connectivity index (χ2n) is 9.37. The number of amides is 2. The van der Waals surface area contributed by atoms with E-state index in [0.717, 1.165) is 17.0 Å². The molecule has 41 heavy (non-hydrogen) atoms. The molecule has 6 rings (SSSR count). The smallest absolute Gasteiger partial charge is 0.270 e. The third kappa shape index (κ3) is 5.35. The highest BCUT2D eigenvalue weighted by Crippen LogP contribution is 2.29. The van der Waals surface area contributed by atoms with Crippen molar-refractivity contribution in [1.29, 1.82) is 0 Å². The van der Waals surface area contributed by atoms with Gasteiger partial charge in [-0.25, -0.2) is 8.78 Å². The van der Waals surface area contributed by atoms with E-state index in [0.29, 0.717) is 28.3 Å². The first kappa shape index (κ1) is 26.1. The lowest BCUT2D eigenvalue weighted by Gasteiger charge is -2.29. The summed E-state index contributed by atoms with van der Waals surface area (Å²) < 4.78 is 35.3. The van der Waals surface area contributed by atoms with Crippen molar-refractivity contribution in [1.82, 2.24) is 9.88 Å². The minimum atomic E-state index is -0.668. The molecule has 0 spiro atoms. The lowest BCUT2D eigenvalue weighted by Crippen LogP contribution is -2.54. The van der Waals surface area contributed by atoms with E-state index in [-0.39, 0.29) is 17.2 Å². The van der Waals surface area contributed by atoms with Gasteiger partial charge in [-0.3, -0.25) is 19.8 Å². The molecule has 2 heterocycles. The number of carbonyl (C=O) groups excluding carboxylic acids is 2. The van der Waals surface area contributed by atoms with Crippen LogP contribution in [0.3, 0.4) is 0 Å². The Hall–Kier alpha value is -5.15. The first-order valence-corrected chi connectivity index (χ1v) is 13.0. The van der Waals surface area contributed by atoms with E-state index in [9.17, 15) is 18.4 Å². The van der Waals surface area contributed by atoms with Gasteiger partial charge in [-0.15, -0.1) is 0 Å². The van der Waals surface area contributed by atoms with Gasteiger partial charge in [-0.05, 0) is 78.5 Å². The first-order chi connectivity index (χ1) is 19.9. The summed E-state index contributed by atoms with van der Waals surface area (Å²) in [7, 11) is 0. The molecule has 1 aromatic heterocycles. The Bertz CT molecular complexity index is 1830. The molecule has 202 valence electrons. The van der Waals surface area contributed by atoms with Crippen LogP contribution in [0.25, 0.3) is 17.0 Å². The Kier molecular flexibility index (Phi) is 6.86. The zero-order chi connectivity index (χ0) is 28.5. The van der Waals surface area contributed by atoms with Gasteiger partial charge in [0.05, 0.1) is 5.69 Å². The number of nitrogens with zero attached hydrogens (tertiary/aromatic N) is 2. The van der Waals surface area contributed by atoms with Crippen molar-refractivity contribution in [3.63, 3.8) is 0 Å². The number of ether oxygens (including phenoxy) is 1. The van der Waals surface area contributed by atoms with Crippen LogP contribution in [-0.4, -0.2) is 21.5 Å². The van der Waals surface area contributed by atoms with Crippen molar-refractivity contribution in [2.45, 2.75) is 6.54 Å². The Labute approximate surface area is 239 Å². The number of aromatic nitrogens is 1. The van der Waals surface area contributed by atoms with Crippen LogP contribution in [0, 0.1) is 11.6 Å². The molecule has 1 N–H and O–H groups in total. The highest BCUT2D eigenvalue weighted by atomic mass is 32.1. The average Bonchev–Trinajstić information content (AvgIpc) is 3.29. The van der Waals surface area contributed by atoms with E-state index >= 15 is 0 Å². The summed E-state index contributed by atoms with van der Waals surface area (Å²) in [6.45, 7) is 0.187. The van der Waals surface area contributed by atoms with Gasteiger partial charge in [0.15, 0.2) is 5.11 Å². The molecule has 2 amide bonds. The van der Waals surface area contributed by atoms with Gasteiger partial charge in [0.2, 0.25) is 0 Å². The highest BCUT2D eigenvalue weighted by molar-refractivity contribution is 7.80. The third-order valence-corrected chi connectivity index (χ3v) is 6.85. The monoisotopic (exact) mass is 565 g/mol. The molecular weight excluding hydrogens is 544 g/mol. The lowest BCUT2D eigenvalue weighted by molar-refractivity contribution is -0.122. The normalized spacial score (nSPS) is 14.5. The highest BCUT2D eigenvalue weighted by Gasteiger charge is 2.34. The summed E-state index contributed by atoms with van der Waals surface area (Å²) in [6.07, 6.45) is 3.25. The fourth-order valence-electron chi connectivity index (χ4n) is 4.76. The summed E-state index contributed by atoms with van der Waals surface area (Å²) in [5.74, 6) is -1.30. The summed E-state index contributed by atoms with van der Waals surface area (Å²) in [5.41, 5.74) is 2.15. The molecule has 1 aliphatic heterocycles. The SMILES string of the molecule is O=C1NC(=S)N(c2ccc(Oc3ccccc3)cc2)C(=O)C1=Cc1cn(Cc2cc(F)cc(F)c2)c2ccccc12. The quantitative estimate of drug-likeness (QED) is 0.143. The van der Waals surface area contributed by atoms with Crippen LogP contribution in [0.4, 0.5) is 14.5 Å². The van der Waals surface area contributed by atoms with Crippen LogP contribution < -0.4 is 15.0 Å². The van der Waals surface area contributed by atoms with Gasteiger partial charge in [0.25, 0.3) is 11.8 Å². The summed E-state index contributed by atoms with van der Waals surface area (Å²) in [4.78, 5) is 27.8. The Morgan fingerprint density at radius 3 is 2.22 bits per heavy atom.